The third-order valence-corrected chi connectivity index (χ3v) is 5.17. The van der Waals surface area contributed by atoms with E-state index in [0.29, 0.717) is 19.4 Å². The standard InChI is InChI=1S/C21H26N2O2/c1-16-5-2-3-7-18(16)13-19-10-12-23(15-20(19)24)21(25)9-8-17-6-4-11-22-14-17/h2-7,11,14,19-20,24H,8-10,12-13,15H2,1H3/t19-,20+/m1/s1. The molecule has 1 amide bonds. The summed E-state index contributed by atoms with van der Waals surface area (Å²) < 4.78 is 0. The summed E-state index contributed by atoms with van der Waals surface area (Å²) >= 11 is 0. The van der Waals surface area contributed by atoms with Crippen molar-refractivity contribution < 1.29 is 9.90 Å². The number of β-amino-alcohol motifs (C(OH)–C–C–N with tert-alkyl or cyclic N) is 1. The van der Waals surface area contributed by atoms with Crippen LogP contribution in [0.4, 0.5) is 0 Å². The summed E-state index contributed by atoms with van der Waals surface area (Å²) in [6.07, 6.45) is 6.00. The highest BCUT2D eigenvalue weighted by atomic mass is 16.3. The number of piperidine rings is 1. The molecule has 2 heterocycles. The molecule has 132 valence electrons. The van der Waals surface area contributed by atoms with Crippen molar-refractivity contribution in [1.82, 2.24) is 9.88 Å². The van der Waals surface area contributed by atoms with Gasteiger partial charge in [0.2, 0.25) is 5.91 Å². The first-order valence-corrected chi connectivity index (χ1v) is 9.02. The van der Waals surface area contributed by atoms with Gasteiger partial charge < -0.3 is 10.0 Å². The average molecular weight is 338 g/mol. The highest BCUT2D eigenvalue weighted by Crippen LogP contribution is 2.24. The van der Waals surface area contributed by atoms with Crippen LogP contribution in [0.1, 0.15) is 29.5 Å². The van der Waals surface area contributed by atoms with Gasteiger partial charge in [-0.05, 0) is 54.9 Å². The molecular weight excluding hydrogens is 312 g/mol. The topological polar surface area (TPSA) is 53.4 Å². The van der Waals surface area contributed by atoms with E-state index in [0.717, 1.165) is 24.9 Å². The second-order valence-electron chi connectivity index (χ2n) is 6.95. The van der Waals surface area contributed by atoms with Crippen LogP contribution in [0.2, 0.25) is 0 Å². The first kappa shape index (κ1) is 17.6. The van der Waals surface area contributed by atoms with Crippen LogP contribution in [-0.2, 0) is 17.6 Å². The maximum Gasteiger partial charge on any atom is 0.222 e. The summed E-state index contributed by atoms with van der Waals surface area (Å²) in [7, 11) is 0. The molecule has 1 aromatic carbocycles. The van der Waals surface area contributed by atoms with E-state index in [4.69, 9.17) is 0 Å². The Morgan fingerprint density at radius 1 is 1.28 bits per heavy atom. The minimum Gasteiger partial charge on any atom is -0.391 e. The van der Waals surface area contributed by atoms with Crippen LogP contribution in [-0.4, -0.2) is 40.1 Å². The molecule has 0 bridgehead atoms. The summed E-state index contributed by atoms with van der Waals surface area (Å²) in [6.45, 7) is 3.29. The molecule has 0 radical (unpaired) electrons. The van der Waals surface area contributed by atoms with Gasteiger partial charge in [-0.25, -0.2) is 0 Å². The predicted octanol–water partition coefficient (Wildman–Crippen LogP) is 2.77. The minimum absolute atomic E-state index is 0.122. The van der Waals surface area contributed by atoms with Gasteiger partial charge in [-0.3, -0.25) is 9.78 Å². The zero-order chi connectivity index (χ0) is 17.6. The molecule has 25 heavy (non-hydrogen) atoms. The molecule has 1 aliphatic heterocycles. The number of likely N-dealkylation sites (tertiary alicyclic amines) is 1. The smallest absolute Gasteiger partial charge is 0.222 e. The van der Waals surface area contributed by atoms with E-state index in [1.807, 2.05) is 29.2 Å². The second kappa shape index (κ2) is 8.26. The molecule has 1 N–H and O–H groups in total. The molecule has 2 atom stereocenters. The summed E-state index contributed by atoms with van der Waals surface area (Å²) in [5.41, 5.74) is 3.64. The molecule has 0 spiro atoms. The fraction of sp³-hybridized carbons (Fsp3) is 0.429. The number of carbonyl (C=O) groups excluding carboxylic acids is 1. The highest BCUT2D eigenvalue weighted by Gasteiger charge is 2.30. The normalized spacial score (nSPS) is 20.5. The van der Waals surface area contributed by atoms with Crippen molar-refractivity contribution in [2.24, 2.45) is 5.92 Å². The number of aliphatic hydroxyl groups is 1. The number of rotatable bonds is 5. The van der Waals surface area contributed by atoms with Crippen molar-refractivity contribution in [3.63, 3.8) is 0 Å². The average Bonchev–Trinajstić information content (AvgIpc) is 2.64. The van der Waals surface area contributed by atoms with Gasteiger partial charge in [0.15, 0.2) is 0 Å². The van der Waals surface area contributed by atoms with Crippen LogP contribution in [0.3, 0.4) is 0 Å². The zero-order valence-electron chi connectivity index (χ0n) is 14.8. The lowest BCUT2D eigenvalue weighted by Gasteiger charge is -2.36. The molecule has 4 heteroatoms. The summed E-state index contributed by atoms with van der Waals surface area (Å²) in [5, 5.41) is 10.5. The van der Waals surface area contributed by atoms with Gasteiger partial charge in [0.1, 0.15) is 0 Å². The number of aryl methyl sites for hydroxylation is 2. The quantitative estimate of drug-likeness (QED) is 0.912. The molecule has 3 rings (SSSR count). The summed E-state index contributed by atoms with van der Waals surface area (Å²) in [6, 6.07) is 12.2. The van der Waals surface area contributed by atoms with Gasteiger partial charge in [0.05, 0.1) is 6.10 Å². The summed E-state index contributed by atoms with van der Waals surface area (Å²) in [4.78, 5) is 18.3. The Hall–Kier alpha value is -2.20. The predicted molar refractivity (Wildman–Crippen MR) is 98.1 cm³/mol. The van der Waals surface area contributed by atoms with Crippen molar-refractivity contribution in [3.8, 4) is 0 Å². The van der Waals surface area contributed by atoms with Crippen LogP contribution < -0.4 is 0 Å². The van der Waals surface area contributed by atoms with Gasteiger partial charge >= 0.3 is 0 Å². The van der Waals surface area contributed by atoms with Crippen molar-refractivity contribution >= 4 is 5.91 Å². The fourth-order valence-electron chi connectivity index (χ4n) is 3.52. The van der Waals surface area contributed by atoms with Crippen molar-refractivity contribution in [2.75, 3.05) is 13.1 Å². The Morgan fingerprint density at radius 2 is 2.12 bits per heavy atom. The molecule has 1 saturated heterocycles. The number of hydrogen-bond acceptors (Lipinski definition) is 3. The first-order valence-electron chi connectivity index (χ1n) is 9.02. The Kier molecular flexibility index (Phi) is 5.82. The van der Waals surface area contributed by atoms with Crippen LogP contribution >= 0.6 is 0 Å². The molecule has 2 aromatic rings. The monoisotopic (exact) mass is 338 g/mol. The zero-order valence-corrected chi connectivity index (χ0v) is 14.8. The number of amides is 1. The number of benzene rings is 1. The summed E-state index contributed by atoms with van der Waals surface area (Å²) in [5.74, 6) is 0.348. The molecular formula is C21H26N2O2. The number of aromatic nitrogens is 1. The Morgan fingerprint density at radius 3 is 2.84 bits per heavy atom. The molecule has 0 unspecified atom stereocenters. The number of carbonyl (C=O) groups is 1. The van der Waals surface area contributed by atoms with Crippen molar-refractivity contribution in [2.45, 2.75) is 38.7 Å². The highest BCUT2D eigenvalue weighted by molar-refractivity contribution is 5.76. The third kappa shape index (κ3) is 4.67. The van der Waals surface area contributed by atoms with E-state index in [9.17, 15) is 9.90 Å². The second-order valence-corrected chi connectivity index (χ2v) is 6.95. The van der Waals surface area contributed by atoms with E-state index >= 15 is 0 Å². The van der Waals surface area contributed by atoms with Gasteiger partial charge in [-0.15, -0.1) is 0 Å². The van der Waals surface area contributed by atoms with Crippen molar-refractivity contribution in [3.05, 3.63) is 65.5 Å². The van der Waals surface area contributed by atoms with E-state index < -0.39 is 6.10 Å². The lowest BCUT2D eigenvalue weighted by molar-refractivity contribution is -0.135. The molecule has 1 fully saturated rings. The van der Waals surface area contributed by atoms with E-state index in [1.54, 1.807) is 12.4 Å². The molecule has 1 aromatic heterocycles. The van der Waals surface area contributed by atoms with Crippen molar-refractivity contribution in [1.29, 1.82) is 0 Å². The maximum atomic E-state index is 12.4. The van der Waals surface area contributed by atoms with Gasteiger partial charge in [-0.1, -0.05) is 30.3 Å². The van der Waals surface area contributed by atoms with Crippen LogP contribution in [0.25, 0.3) is 0 Å². The largest absolute Gasteiger partial charge is 0.391 e. The Labute approximate surface area is 149 Å². The third-order valence-electron chi connectivity index (χ3n) is 5.17. The van der Waals surface area contributed by atoms with Gasteiger partial charge in [0, 0.05) is 31.9 Å². The SMILES string of the molecule is Cc1ccccc1C[C@H]1CCN(C(=O)CCc2cccnc2)C[C@@H]1O. The fourth-order valence-corrected chi connectivity index (χ4v) is 3.52. The lowest BCUT2D eigenvalue weighted by atomic mass is 9.86. The molecule has 0 saturated carbocycles. The Bertz CT molecular complexity index is 702. The van der Waals surface area contributed by atoms with E-state index in [1.165, 1.54) is 11.1 Å². The lowest BCUT2D eigenvalue weighted by Crippen LogP contribution is -2.47. The molecule has 0 aliphatic carbocycles. The first-order chi connectivity index (χ1) is 12.1. The van der Waals surface area contributed by atoms with Crippen LogP contribution in [0.15, 0.2) is 48.8 Å². The maximum absolute atomic E-state index is 12.4. The molecule has 4 nitrogen and oxygen atoms in total. The van der Waals surface area contributed by atoms with Gasteiger partial charge in [0.25, 0.3) is 0 Å². The number of nitrogens with zero attached hydrogens (tertiary/aromatic N) is 2. The number of pyridine rings is 1. The number of hydrogen-bond donors (Lipinski definition) is 1. The molecule has 1 aliphatic rings. The Balaban J connectivity index is 1.51. The van der Waals surface area contributed by atoms with Gasteiger partial charge in [-0.2, -0.15) is 0 Å². The minimum atomic E-state index is -0.448. The van der Waals surface area contributed by atoms with Crippen LogP contribution in [0.5, 0.6) is 0 Å². The van der Waals surface area contributed by atoms with E-state index in [-0.39, 0.29) is 11.8 Å². The van der Waals surface area contributed by atoms with E-state index in [2.05, 4.69) is 24.0 Å². The number of aliphatic hydroxyl groups excluding tert-OH is 1. The van der Waals surface area contributed by atoms with Crippen LogP contribution in [0, 0.1) is 12.8 Å².